The molecule has 4 nitrogen and oxygen atoms in total. The second kappa shape index (κ2) is 2.34. The molecule has 0 aliphatic heterocycles. The Morgan fingerprint density at radius 1 is 1.50 bits per heavy atom. The molecule has 5 N–H and O–H groups in total. The van der Waals surface area contributed by atoms with Crippen molar-refractivity contribution in [3.63, 3.8) is 0 Å². The molecule has 0 spiro atoms. The number of hydrogen-bond acceptors (Lipinski definition) is 3. The van der Waals surface area contributed by atoms with E-state index >= 15 is 0 Å². The van der Waals surface area contributed by atoms with Crippen molar-refractivity contribution in [2.45, 2.75) is 0 Å². The van der Waals surface area contributed by atoms with E-state index in [4.69, 9.17) is 16.9 Å². The summed E-state index contributed by atoms with van der Waals surface area (Å²) in [6, 6.07) is 4.99. The number of nitrogens with zero attached hydrogens (tertiary/aromatic N) is 1. The Morgan fingerprint density at radius 3 is 2.60 bits per heavy atom. The van der Waals surface area contributed by atoms with E-state index < -0.39 is 0 Å². The van der Waals surface area contributed by atoms with Gasteiger partial charge in [-0.05, 0) is 12.1 Å². The Bertz CT molecular complexity index is 256. The van der Waals surface area contributed by atoms with E-state index in [0.717, 1.165) is 0 Å². The van der Waals surface area contributed by atoms with Crippen LogP contribution in [-0.4, -0.2) is 10.8 Å². The van der Waals surface area contributed by atoms with Gasteiger partial charge in [-0.15, -0.1) is 0 Å². The Kier molecular flexibility index (Phi) is 1.53. The molecule has 0 aliphatic rings. The molecule has 1 heterocycles. The highest BCUT2D eigenvalue weighted by Gasteiger charge is 1.95. The smallest absolute Gasteiger partial charge is 0.141 e. The maximum absolute atomic E-state index is 6.99. The third-order valence-electron chi connectivity index (χ3n) is 1.05. The fourth-order valence-corrected chi connectivity index (χ4v) is 0.601. The quantitative estimate of drug-likeness (QED) is 0.373. The van der Waals surface area contributed by atoms with Crippen LogP contribution in [0.2, 0.25) is 0 Å². The van der Waals surface area contributed by atoms with E-state index in [-0.39, 0.29) is 5.84 Å². The molecule has 10 heavy (non-hydrogen) atoms. The van der Waals surface area contributed by atoms with E-state index in [1.807, 2.05) is 0 Å². The van der Waals surface area contributed by atoms with Gasteiger partial charge in [0.1, 0.15) is 17.3 Å². The van der Waals surface area contributed by atoms with Crippen LogP contribution in [0.25, 0.3) is 0 Å². The van der Waals surface area contributed by atoms with Crippen molar-refractivity contribution in [3.8, 4) is 0 Å². The van der Waals surface area contributed by atoms with Gasteiger partial charge in [0.25, 0.3) is 0 Å². The Morgan fingerprint density at radius 2 is 2.20 bits per heavy atom. The molecule has 0 aromatic carbocycles. The lowest BCUT2D eigenvalue weighted by atomic mass is 10.3. The predicted molar refractivity (Wildman–Crippen MR) is 39.7 cm³/mol. The first kappa shape index (κ1) is 6.54. The Hall–Kier alpha value is -1.58. The maximum Gasteiger partial charge on any atom is 0.141 e. The maximum atomic E-state index is 6.99. The standard InChI is InChI=1S/C6H8N4/c7-5-3-1-2-4(10-5)6(8)9/h1-3H,(H2,7,10)(H3,8,9). The lowest BCUT2D eigenvalue weighted by Gasteiger charge is -1.96. The number of nitrogens with one attached hydrogen (secondary N) is 1. The summed E-state index contributed by atoms with van der Waals surface area (Å²) in [4.78, 5) is 3.80. The Labute approximate surface area is 58.4 Å². The molecule has 1 aromatic heterocycles. The van der Waals surface area contributed by atoms with Gasteiger partial charge in [-0.2, -0.15) is 0 Å². The number of aromatic nitrogens is 1. The fourth-order valence-electron chi connectivity index (χ4n) is 0.601. The van der Waals surface area contributed by atoms with Crippen molar-refractivity contribution >= 4 is 11.7 Å². The van der Waals surface area contributed by atoms with E-state index in [1.54, 1.807) is 18.2 Å². The summed E-state index contributed by atoms with van der Waals surface area (Å²) >= 11 is 0. The van der Waals surface area contributed by atoms with Gasteiger partial charge < -0.3 is 11.5 Å². The number of nitrogens with two attached hydrogens (primary N) is 2. The SMILES string of the molecule is N=C(N)c1cccc(N)n1. The number of rotatable bonds is 1. The van der Waals surface area contributed by atoms with Crippen LogP contribution in [0.1, 0.15) is 5.69 Å². The lowest BCUT2D eigenvalue weighted by Crippen LogP contribution is -2.13. The lowest BCUT2D eigenvalue weighted by molar-refractivity contribution is 1.26. The highest BCUT2D eigenvalue weighted by Crippen LogP contribution is 1.98. The second-order valence-corrected chi connectivity index (χ2v) is 1.86. The summed E-state index contributed by atoms with van der Waals surface area (Å²) in [6.45, 7) is 0. The van der Waals surface area contributed by atoms with Gasteiger partial charge in [-0.25, -0.2) is 4.98 Å². The fraction of sp³-hybridized carbons (Fsp3) is 0. The molecule has 52 valence electrons. The molecule has 0 bridgehead atoms. The highest BCUT2D eigenvalue weighted by molar-refractivity contribution is 5.93. The predicted octanol–water partition coefficient (Wildman–Crippen LogP) is -0.0521. The van der Waals surface area contributed by atoms with Crippen LogP contribution in [0.15, 0.2) is 18.2 Å². The van der Waals surface area contributed by atoms with E-state index in [1.165, 1.54) is 0 Å². The van der Waals surface area contributed by atoms with Gasteiger partial charge in [0.05, 0.1) is 0 Å². The first-order valence-corrected chi connectivity index (χ1v) is 2.77. The Balaban J connectivity index is 3.07. The molecule has 1 aromatic rings. The molecule has 0 atom stereocenters. The van der Waals surface area contributed by atoms with Crippen LogP contribution in [0.4, 0.5) is 5.82 Å². The van der Waals surface area contributed by atoms with Crippen LogP contribution < -0.4 is 11.5 Å². The van der Waals surface area contributed by atoms with Gasteiger partial charge in [0.15, 0.2) is 0 Å². The summed E-state index contributed by atoms with van der Waals surface area (Å²) in [7, 11) is 0. The number of hydrogen-bond donors (Lipinski definition) is 3. The zero-order chi connectivity index (χ0) is 7.56. The average molecular weight is 136 g/mol. The molecule has 0 saturated carbocycles. The minimum atomic E-state index is -0.0627. The molecule has 4 heteroatoms. The minimum absolute atomic E-state index is 0.0627. The highest BCUT2D eigenvalue weighted by atomic mass is 14.9. The number of amidine groups is 1. The zero-order valence-electron chi connectivity index (χ0n) is 5.33. The topological polar surface area (TPSA) is 88.8 Å². The van der Waals surface area contributed by atoms with Gasteiger partial charge in [0, 0.05) is 0 Å². The number of anilines is 1. The van der Waals surface area contributed by atoms with Crippen LogP contribution >= 0.6 is 0 Å². The molecule has 0 amide bonds. The van der Waals surface area contributed by atoms with Gasteiger partial charge in [0.2, 0.25) is 0 Å². The molecular formula is C6H8N4. The van der Waals surface area contributed by atoms with Crippen molar-refractivity contribution < 1.29 is 0 Å². The van der Waals surface area contributed by atoms with Crippen molar-refractivity contribution in [3.05, 3.63) is 23.9 Å². The summed E-state index contributed by atoms with van der Waals surface area (Å²) < 4.78 is 0. The van der Waals surface area contributed by atoms with Crippen molar-refractivity contribution in [2.75, 3.05) is 5.73 Å². The van der Waals surface area contributed by atoms with Crippen molar-refractivity contribution in [1.82, 2.24) is 4.98 Å². The molecule has 0 unspecified atom stereocenters. The molecule has 0 saturated heterocycles. The van der Waals surface area contributed by atoms with Crippen LogP contribution in [-0.2, 0) is 0 Å². The van der Waals surface area contributed by atoms with Gasteiger partial charge in [-0.1, -0.05) is 6.07 Å². The van der Waals surface area contributed by atoms with Crippen molar-refractivity contribution in [1.29, 1.82) is 5.41 Å². The van der Waals surface area contributed by atoms with Crippen LogP contribution in [0.5, 0.6) is 0 Å². The number of pyridine rings is 1. The monoisotopic (exact) mass is 136 g/mol. The van der Waals surface area contributed by atoms with E-state index in [9.17, 15) is 0 Å². The van der Waals surface area contributed by atoms with E-state index in [2.05, 4.69) is 4.98 Å². The minimum Gasteiger partial charge on any atom is -0.384 e. The summed E-state index contributed by atoms with van der Waals surface area (Å²) in [5, 5.41) is 6.99. The first-order valence-electron chi connectivity index (χ1n) is 2.77. The van der Waals surface area contributed by atoms with E-state index in [0.29, 0.717) is 11.5 Å². The zero-order valence-corrected chi connectivity index (χ0v) is 5.33. The molecule has 0 radical (unpaired) electrons. The first-order chi connectivity index (χ1) is 4.70. The average Bonchev–Trinajstić information content (AvgIpc) is 1.88. The second-order valence-electron chi connectivity index (χ2n) is 1.86. The number of nitrogen functional groups attached to an aromatic ring is 2. The van der Waals surface area contributed by atoms with Crippen LogP contribution in [0.3, 0.4) is 0 Å². The normalized spacial score (nSPS) is 9.20. The van der Waals surface area contributed by atoms with Gasteiger partial charge >= 0.3 is 0 Å². The molecular weight excluding hydrogens is 128 g/mol. The van der Waals surface area contributed by atoms with Crippen LogP contribution in [0, 0.1) is 5.41 Å². The third-order valence-corrected chi connectivity index (χ3v) is 1.05. The third kappa shape index (κ3) is 1.22. The summed E-state index contributed by atoms with van der Waals surface area (Å²) in [6.07, 6.45) is 0. The van der Waals surface area contributed by atoms with Crippen molar-refractivity contribution in [2.24, 2.45) is 5.73 Å². The molecule has 0 fully saturated rings. The summed E-state index contributed by atoms with van der Waals surface area (Å²) in [5.74, 6) is 0.319. The molecule has 1 rings (SSSR count). The van der Waals surface area contributed by atoms with Gasteiger partial charge in [-0.3, -0.25) is 5.41 Å². The molecule has 0 aliphatic carbocycles. The summed E-state index contributed by atoms with van der Waals surface area (Å²) in [5.41, 5.74) is 10.9. The largest absolute Gasteiger partial charge is 0.384 e.